The summed E-state index contributed by atoms with van der Waals surface area (Å²) in [4.78, 5) is 24.6. The highest BCUT2D eigenvalue weighted by molar-refractivity contribution is 5.90. The van der Waals surface area contributed by atoms with Crippen LogP contribution in [0.5, 0.6) is 11.5 Å². The second kappa shape index (κ2) is 5.53. The number of para-hydroxylation sites is 1. The van der Waals surface area contributed by atoms with E-state index in [1.54, 1.807) is 37.4 Å². The van der Waals surface area contributed by atoms with E-state index in [0.29, 0.717) is 28.0 Å². The van der Waals surface area contributed by atoms with Gasteiger partial charge in [0.25, 0.3) is 0 Å². The van der Waals surface area contributed by atoms with Crippen LogP contribution in [0.15, 0.2) is 57.7 Å². The summed E-state index contributed by atoms with van der Waals surface area (Å²) in [5.41, 5.74) is 1.16. The molecule has 0 radical (unpaired) electrons. The van der Waals surface area contributed by atoms with E-state index in [4.69, 9.17) is 13.9 Å². The standard InChI is InChI=1S/C19H14O5/c1-22-12-8-6-11(7-9-12)14-10-16(20)24-18-13-4-2-3-5-15(13)23-19(21)17(14)18/h2-9,14H,10H2,1H3/t14-/m0/s1. The number of benzene rings is 2. The number of carbonyl (C=O) groups excluding carboxylic acids is 1. The fourth-order valence-corrected chi connectivity index (χ4v) is 3.09. The molecule has 0 fully saturated rings. The van der Waals surface area contributed by atoms with E-state index >= 15 is 0 Å². The monoisotopic (exact) mass is 322 g/mol. The van der Waals surface area contributed by atoms with Gasteiger partial charge in [-0.05, 0) is 29.8 Å². The molecule has 3 aromatic rings. The number of ether oxygens (including phenoxy) is 2. The van der Waals surface area contributed by atoms with Crippen molar-refractivity contribution in [2.45, 2.75) is 12.3 Å². The quantitative estimate of drug-likeness (QED) is 0.535. The number of fused-ring (bicyclic) bond motifs is 3. The fraction of sp³-hybridized carbons (Fsp3) is 0.158. The molecule has 4 rings (SSSR count). The predicted octanol–water partition coefficient (Wildman–Crippen LogP) is 3.24. The Labute approximate surface area is 137 Å². The maximum absolute atomic E-state index is 12.5. The Bertz CT molecular complexity index is 985. The molecule has 1 aliphatic heterocycles. The molecule has 0 amide bonds. The van der Waals surface area contributed by atoms with Crippen molar-refractivity contribution in [2.24, 2.45) is 0 Å². The molecule has 120 valence electrons. The number of carbonyl (C=O) groups is 1. The topological polar surface area (TPSA) is 65.7 Å². The Kier molecular flexibility index (Phi) is 3.34. The summed E-state index contributed by atoms with van der Waals surface area (Å²) in [6, 6.07) is 14.3. The Morgan fingerprint density at radius 2 is 1.79 bits per heavy atom. The lowest BCUT2D eigenvalue weighted by molar-refractivity contribution is -0.135. The summed E-state index contributed by atoms with van der Waals surface area (Å²) in [6.45, 7) is 0. The molecule has 1 aromatic heterocycles. The van der Waals surface area contributed by atoms with Crippen molar-refractivity contribution in [3.63, 3.8) is 0 Å². The highest BCUT2D eigenvalue weighted by Gasteiger charge is 2.33. The summed E-state index contributed by atoms with van der Waals surface area (Å²) >= 11 is 0. The minimum absolute atomic E-state index is 0.0996. The summed E-state index contributed by atoms with van der Waals surface area (Å²) in [7, 11) is 1.59. The van der Waals surface area contributed by atoms with Crippen LogP contribution in [-0.4, -0.2) is 13.1 Å². The summed E-state index contributed by atoms with van der Waals surface area (Å²) in [6.07, 6.45) is 0.0996. The summed E-state index contributed by atoms with van der Waals surface area (Å²) in [5.74, 6) is 0.258. The lowest BCUT2D eigenvalue weighted by Crippen LogP contribution is -2.26. The molecule has 5 nitrogen and oxygen atoms in total. The second-order valence-corrected chi connectivity index (χ2v) is 5.63. The van der Waals surface area contributed by atoms with Gasteiger partial charge in [-0.25, -0.2) is 4.79 Å². The first-order valence-electron chi connectivity index (χ1n) is 7.57. The molecule has 0 bridgehead atoms. The summed E-state index contributed by atoms with van der Waals surface area (Å²) in [5, 5.41) is 0.624. The average Bonchev–Trinajstić information content (AvgIpc) is 2.61. The zero-order chi connectivity index (χ0) is 16.7. The minimum atomic E-state index is -0.475. The van der Waals surface area contributed by atoms with Crippen LogP contribution in [0.1, 0.15) is 23.5 Å². The zero-order valence-corrected chi connectivity index (χ0v) is 12.9. The normalized spacial score (nSPS) is 16.5. The van der Waals surface area contributed by atoms with Gasteiger partial charge in [0.1, 0.15) is 11.3 Å². The maximum atomic E-state index is 12.5. The lowest BCUT2D eigenvalue weighted by Gasteiger charge is -2.24. The Balaban J connectivity index is 1.94. The molecular weight excluding hydrogens is 308 g/mol. The first-order chi connectivity index (χ1) is 11.7. The van der Waals surface area contributed by atoms with Crippen molar-refractivity contribution in [3.05, 3.63) is 70.1 Å². The Hall–Kier alpha value is -3.08. The van der Waals surface area contributed by atoms with Gasteiger partial charge in [0.05, 0.1) is 24.5 Å². The van der Waals surface area contributed by atoms with E-state index in [9.17, 15) is 9.59 Å². The molecule has 0 spiro atoms. The molecule has 2 aromatic carbocycles. The highest BCUT2D eigenvalue weighted by Crippen LogP contribution is 2.40. The molecule has 1 aliphatic rings. The molecular formula is C19H14O5. The van der Waals surface area contributed by atoms with Gasteiger partial charge < -0.3 is 13.9 Å². The van der Waals surface area contributed by atoms with E-state index in [1.807, 2.05) is 18.2 Å². The van der Waals surface area contributed by atoms with Gasteiger partial charge in [-0.15, -0.1) is 0 Å². The van der Waals surface area contributed by atoms with Crippen molar-refractivity contribution < 1.29 is 18.7 Å². The van der Waals surface area contributed by atoms with Crippen LogP contribution in [0.4, 0.5) is 0 Å². The first kappa shape index (κ1) is 14.5. The third kappa shape index (κ3) is 2.25. The average molecular weight is 322 g/mol. The number of rotatable bonds is 2. The first-order valence-corrected chi connectivity index (χ1v) is 7.57. The maximum Gasteiger partial charge on any atom is 0.343 e. The van der Waals surface area contributed by atoms with Gasteiger partial charge in [0, 0.05) is 5.92 Å². The van der Waals surface area contributed by atoms with E-state index in [-0.39, 0.29) is 12.4 Å². The number of esters is 1. The van der Waals surface area contributed by atoms with Crippen molar-refractivity contribution in [1.82, 2.24) is 0 Å². The van der Waals surface area contributed by atoms with E-state index < -0.39 is 11.5 Å². The van der Waals surface area contributed by atoms with Gasteiger partial charge in [-0.1, -0.05) is 24.3 Å². The van der Waals surface area contributed by atoms with Gasteiger partial charge in [-0.2, -0.15) is 0 Å². The largest absolute Gasteiger partial charge is 0.497 e. The molecule has 2 heterocycles. The van der Waals surface area contributed by atoms with Crippen LogP contribution in [0.25, 0.3) is 11.0 Å². The third-order valence-electron chi connectivity index (χ3n) is 4.25. The van der Waals surface area contributed by atoms with Crippen LogP contribution in [0.2, 0.25) is 0 Å². The van der Waals surface area contributed by atoms with E-state index in [0.717, 1.165) is 5.56 Å². The highest BCUT2D eigenvalue weighted by atomic mass is 16.5. The Morgan fingerprint density at radius 3 is 2.54 bits per heavy atom. The second-order valence-electron chi connectivity index (χ2n) is 5.63. The lowest BCUT2D eigenvalue weighted by atomic mass is 9.86. The molecule has 5 heteroatoms. The number of methoxy groups -OCH3 is 1. The van der Waals surface area contributed by atoms with E-state index in [1.165, 1.54) is 0 Å². The van der Waals surface area contributed by atoms with Gasteiger partial charge in [-0.3, -0.25) is 4.79 Å². The van der Waals surface area contributed by atoms with Crippen molar-refractivity contribution in [1.29, 1.82) is 0 Å². The molecule has 0 N–H and O–H groups in total. The zero-order valence-electron chi connectivity index (χ0n) is 12.9. The minimum Gasteiger partial charge on any atom is -0.497 e. The molecule has 1 atom stereocenters. The van der Waals surface area contributed by atoms with E-state index in [2.05, 4.69) is 0 Å². The van der Waals surface area contributed by atoms with Crippen molar-refractivity contribution in [3.8, 4) is 11.5 Å². The fourth-order valence-electron chi connectivity index (χ4n) is 3.09. The van der Waals surface area contributed by atoms with Crippen LogP contribution in [0.3, 0.4) is 0 Å². The van der Waals surface area contributed by atoms with Gasteiger partial charge in [0.2, 0.25) is 0 Å². The molecule has 24 heavy (non-hydrogen) atoms. The van der Waals surface area contributed by atoms with Crippen LogP contribution in [-0.2, 0) is 4.79 Å². The van der Waals surface area contributed by atoms with Gasteiger partial charge >= 0.3 is 11.6 Å². The van der Waals surface area contributed by atoms with Crippen LogP contribution in [0, 0.1) is 0 Å². The molecule has 0 saturated carbocycles. The number of hydrogen-bond donors (Lipinski definition) is 0. The van der Waals surface area contributed by atoms with Crippen molar-refractivity contribution in [2.75, 3.05) is 7.11 Å². The predicted molar refractivity (Wildman–Crippen MR) is 87.6 cm³/mol. The Morgan fingerprint density at radius 1 is 1.04 bits per heavy atom. The molecule has 0 unspecified atom stereocenters. The molecule has 0 saturated heterocycles. The van der Waals surface area contributed by atoms with Crippen LogP contribution < -0.4 is 15.1 Å². The molecule has 0 aliphatic carbocycles. The SMILES string of the molecule is COc1ccc([C@@H]2CC(=O)Oc3c2c(=O)oc2ccccc32)cc1. The van der Waals surface area contributed by atoms with Gasteiger partial charge in [0.15, 0.2) is 5.75 Å². The van der Waals surface area contributed by atoms with Crippen LogP contribution >= 0.6 is 0 Å². The number of hydrogen-bond acceptors (Lipinski definition) is 5. The van der Waals surface area contributed by atoms with Crippen molar-refractivity contribution >= 4 is 16.9 Å². The summed E-state index contributed by atoms with van der Waals surface area (Å²) < 4.78 is 16.0. The third-order valence-corrected chi connectivity index (χ3v) is 4.25. The smallest absolute Gasteiger partial charge is 0.343 e.